The van der Waals surface area contributed by atoms with Crippen LogP contribution in [0.4, 0.5) is 5.69 Å². The summed E-state index contributed by atoms with van der Waals surface area (Å²) >= 11 is 0. The molecule has 2 aromatic rings. The van der Waals surface area contributed by atoms with Gasteiger partial charge in [-0.15, -0.1) is 0 Å². The molecule has 2 unspecified atom stereocenters. The number of hydrogen-bond donors (Lipinski definition) is 2. The van der Waals surface area contributed by atoms with Gasteiger partial charge in [0.2, 0.25) is 5.91 Å². The zero-order valence-electron chi connectivity index (χ0n) is 11.2. The molecule has 1 aromatic heterocycles. The van der Waals surface area contributed by atoms with Crippen LogP contribution in [0.15, 0.2) is 42.7 Å². The molecule has 2 atom stereocenters. The van der Waals surface area contributed by atoms with Crippen LogP contribution in [0.25, 0.3) is 5.69 Å². The second kappa shape index (κ2) is 5.46. The van der Waals surface area contributed by atoms with Crippen LogP contribution in [0.3, 0.4) is 0 Å². The Labute approximate surface area is 117 Å². The fourth-order valence-corrected chi connectivity index (χ4v) is 2.65. The van der Waals surface area contributed by atoms with Crippen molar-refractivity contribution in [3.8, 4) is 5.69 Å². The van der Waals surface area contributed by atoms with Gasteiger partial charge in [-0.3, -0.25) is 4.79 Å². The SMILES string of the molecule is NC1CCC(C(=O)Nc2cccc(-n3cccn3)c2)C1. The maximum Gasteiger partial charge on any atom is 0.227 e. The molecule has 1 fully saturated rings. The number of amides is 1. The van der Waals surface area contributed by atoms with Crippen molar-refractivity contribution in [3.63, 3.8) is 0 Å². The molecule has 1 heterocycles. The van der Waals surface area contributed by atoms with Gasteiger partial charge in [0.05, 0.1) is 5.69 Å². The average Bonchev–Trinajstić information content (AvgIpc) is 3.10. The first-order chi connectivity index (χ1) is 9.72. The van der Waals surface area contributed by atoms with Gasteiger partial charge < -0.3 is 11.1 Å². The highest BCUT2D eigenvalue weighted by Gasteiger charge is 2.27. The van der Waals surface area contributed by atoms with Crippen LogP contribution >= 0.6 is 0 Å². The lowest BCUT2D eigenvalue weighted by molar-refractivity contribution is -0.119. The van der Waals surface area contributed by atoms with Crippen LogP contribution in [0.1, 0.15) is 19.3 Å². The lowest BCUT2D eigenvalue weighted by Gasteiger charge is -2.11. The minimum Gasteiger partial charge on any atom is -0.328 e. The Kier molecular flexibility index (Phi) is 3.52. The molecule has 1 aromatic carbocycles. The maximum absolute atomic E-state index is 12.2. The molecule has 0 bridgehead atoms. The molecule has 20 heavy (non-hydrogen) atoms. The topological polar surface area (TPSA) is 72.9 Å². The van der Waals surface area contributed by atoms with Crippen molar-refractivity contribution in [2.45, 2.75) is 25.3 Å². The van der Waals surface area contributed by atoms with Crippen LogP contribution in [-0.2, 0) is 4.79 Å². The van der Waals surface area contributed by atoms with Crippen molar-refractivity contribution in [2.75, 3.05) is 5.32 Å². The molecule has 1 aliphatic rings. The summed E-state index contributed by atoms with van der Waals surface area (Å²) in [7, 11) is 0. The molecule has 0 spiro atoms. The van der Waals surface area contributed by atoms with Gasteiger partial charge in [0.25, 0.3) is 0 Å². The number of nitrogens with one attached hydrogen (secondary N) is 1. The number of nitrogens with zero attached hydrogens (tertiary/aromatic N) is 2. The van der Waals surface area contributed by atoms with E-state index in [-0.39, 0.29) is 17.9 Å². The number of nitrogens with two attached hydrogens (primary N) is 1. The van der Waals surface area contributed by atoms with E-state index in [4.69, 9.17) is 5.73 Å². The zero-order valence-corrected chi connectivity index (χ0v) is 11.2. The third-order valence-corrected chi connectivity index (χ3v) is 3.73. The largest absolute Gasteiger partial charge is 0.328 e. The molecular formula is C15H18N4O. The van der Waals surface area contributed by atoms with Gasteiger partial charge >= 0.3 is 0 Å². The Morgan fingerprint density at radius 3 is 2.95 bits per heavy atom. The molecule has 104 valence electrons. The van der Waals surface area contributed by atoms with E-state index in [9.17, 15) is 4.79 Å². The summed E-state index contributed by atoms with van der Waals surface area (Å²) in [6.45, 7) is 0. The fraction of sp³-hybridized carbons (Fsp3) is 0.333. The van der Waals surface area contributed by atoms with E-state index in [2.05, 4.69) is 10.4 Å². The van der Waals surface area contributed by atoms with Gasteiger partial charge in [-0.05, 0) is 43.5 Å². The van der Waals surface area contributed by atoms with Gasteiger partial charge in [0.1, 0.15) is 0 Å². The fourth-order valence-electron chi connectivity index (χ4n) is 2.65. The lowest BCUT2D eigenvalue weighted by Crippen LogP contribution is -2.23. The monoisotopic (exact) mass is 270 g/mol. The molecule has 1 aliphatic carbocycles. The highest BCUT2D eigenvalue weighted by molar-refractivity contribution is 5.93. The number of aromatic nitrogens is 2. The van der Waals surface area contributed by atoms with Crippen molar-refractivity contribution in [2.24, 2.45) is 11.7 Å². The molecule has 0 aliphatic heterocycles. The highest BCUT2D eigenvalue weighted by atomic mass is 16.1. The first-order valence-electron chi connectivity index (χ1n) is 6.89. The highest BCUT2D eigenvalue weighted by Crippen LogP contribution is 2.25. The summed E-state index contributed by atoms with van der Waals surface area (Å²) in [4.78, 5) is 12.2. The van der Waals surface area contributed by atoms with Gasteiger partial charge in [-0.25, -0.2) is 4.68 Å². The molecule has 0 radical (unpaired) electrons. The van der Waals surface area contributed by atoms with Crippen molar-refractivity contribution < 1.29 is 4.79 Å². The Balaban J connectivity index is 1.71. The van der Waals surface area contributed by atoms with E-state index in [0.717, 1.165) is 30.6 Å². The zero-order chi connectivity index (χ0) is 13.9. The quantitative estimate of drug-likeness (QED) is 0.895. The smallest absolute Gasteiger partial charge is 0.227 e. The van der Waals surface area contributed by atoms with Crippen LogP contribution in [0.2, 0.25) is 0 Å². The van der Waals surface area contributed by atoms with Crippen LogP contribution in [0, 0.1) is 5.92 Å². The van der Waals surface area contributed by atoms with Gasteiger partial charge in [0, 0.05) is 30.0 Å². The standard InChI is InChI=1S/C15H18N4O/c16-12-6-5-11(9-12)15(20)18-13-3-1-4-14(10-13)19-8-2-7-17-19/h1-4,7-8,10-12H,5-6,9,16H2,(H,18,20). The Bertz CT molecular complexity index is 594. The first-order valence-corrected chi connectivity index (χ1v) is 6.89. The van der Waals surface area contributed by atoms with Gasteiger partial charge in [-0.1, -0.05) is 6.07 Å². The summed E-state index contributed by atoms with van der Waals surface area (Å²) in [6.07, 6.45) is 6.20. The van der Waals surface area contributed by atoms with Crippen molar-refractivity contribution in [3.05, 3.63) is 42.7 Å². The van der Waals surface area contributed by atoms with E-state index >= 15 is 0 Å². The second-order valence-corrected chi connectivity index (χ2v) is 5.26. The molecule has 1 saturated carbocycles. The molecule has 5 heteroatoms. The predicted octanol–water partition coefficient (Wildman–Crippen LogP) is 1.94. The molecule has 1 amide bonds. The normalized spacial score (nSPS) is 21.9. The summed E-state index contributed by atoms with van der Waals surface area (Å²) in [6, 6.07) is 9.70. The Morgan fingerprint density at radius 2 is 2.25 bits per heavy atom. The Hall–Kier alpha value is -2.14. The number of anilines is 1. The number of rotatable bonds is 3. The third-order valence-electron chi connectivity index (χ3n) is 3.73. The number of carbonyl (C=O) groups excluding carboxylic acids is 1. The van der Waals surface area contributed by atoms with Crippen LogP contribution in [-0.4, -0.2) is 21.7 Å². The molecule has 5 nitrogen and oxygen atoms in total. The van der Waals surface area contributed by atoms with Crippen molar-refractivity contribution in [1.29, 1.82) is 0 Å². The summed E-state index contributed by atoms with van der Waals surface area (Å²) in [5.74, 6) is 0.105. The molecule has 0 saturated heterocycles. The van der Waals surface area contributed by atoms with E-state index in [1.165, 1.54) is 0 Å². The predicted molar refractivity (Wildman–Crippen MR) is 77.5 cm³/mol. The lowest BCUT2D eigenvalue weighted by atomic mass is 10.1. The third kappa shape index (κ3) is 2.72. The second-order valence-electron chi connectivity index (χ2n) is 5.26. The minimum atomic E-state index is 0.0401. The minimum absolute atomic E-state index is 0.0401. The number of benzene rings is 1. The average molecular weight is 270 g/mol. The first kappa shape index (κ1) is 12.9. The van der Waals surface area contributed by atoms with E-state index in [1.807, 2.05) is 36.5 Å². The number of carbonyl (C=O) groups is 1. The van der Waals surface area contributed by atoms with Gasteiger partial charge in [-0.2, -0.15) is 5.10 Å². The molecule has 3 N–H and O–H groups in total. The van der Waals surface area contributed by atoms with E-state index in [1.54, 1.807) is 10.9 Å². The van der Waals surface area contributed by atoms with Gasteiger partial charge in [0.15, 0.2) is 0 Å². The van der Waals surface area contributed by atoms with Crippen LogP contribution < -0.4 is 11.1 Å². The van der Waals surface area contributed by atoms with E-state index < -0.39 is 0 Å². The van der Waals surface area contributed by atoms with Crippen LogP contribution in [0.5, 0.6) is 0 Å². The van der Waals surface area contributed by atoms with Crippen molar-refractivity contribution in [1.82, 2.24) is 9.78 Å². The summed E-state index contributed by atoms with van der Waals surface area (Å²) in [5.41, 5.74) is 7.57. The Morgan fingerprint density at radius 1 is 1.35 bits per heavy atom. The molecule has 3 rings (SSSR count). The van der Waals surface area contributed by atoms with E-state index in [0.29, 0.717) is 0 Å². The molecular weight excluding hydrogens is 252 g/mol. The number of hydrogen-bond acceptors (Lipinski definition) is 3. The maximum atomic E-state index is 12.2. The summed E-state index contributed by atoms with van der Waals surface area (Å²) in [5, 5.41) is 7.15. The van der Waals surface area contributed by atoms with Crippen molar-refractivity contribution >= 4 is 11.6 Å². The summed E-state index contributed by atoms with van der Waals surface area (Å²) < 4.78 is 1.77.